The van der Waals surface area contributed by atoms with Gasteiger partial charge in [-0.2, -0.15) is 0 Å². The summed E-state index contributed by atoms with van der Waals surface area (Å²) in [5.41, 5.74) is 2.41. The number of hydrogen-bond acceptors (Lipinski definition) is 6. The topological polar surface area (TPSA) is 89.4 Å². The van der Waals surface area contributed by atoms with Gasteiger partial charge in [0, 0.05) is 42.1 Å². The molecule has 31 heavy (non-hydrogen) atoms. The molecule has 2 aliphatic rings. The summed E-state index contributed by atoms with van der Waals surface area (Å²) in [5.74, 6) is 0.838. The van der Waals surface area contributed by atoms with Gasteiger partial charge in [0.05, 0.1) is 17.2 Å². The molecule has 0 radical (unpaired) electrons. The highest BCUT2D eigenvalue weighted by molar-refractivity contribution is 6.33. The Morgan fingerprint density at radius 3 is 2.61 bits per heavy atom. The molecule has 0 saturated heterocycles. The number of nitrogens with zero attached hydrogens (tertiary/aromatic N) is 1. The molecule has 0 spiro atoms. The monoisotopic (exact) mass is 444 g/mol. The average Bonchev–Trinajstić information content (AvgIpc) is 3.52. The van der Waals surface area contributed by atoms with Gasteiger partial charge in [-0.15, -0.1) is 0 Å². The van der Waals surface area contributed by atoms with Crippen LogP contribution in [0.4, 0.5) is 11.5 Å². The van der Waals surface area contributed by atoms with Gasteiger partial charge in [0.15, 0.2) is 0 Å². The molecule has 2 fully saturated rings. The van der Waals surface area contributed by atoms with Gasteiger partial charge in [-0.3, -0.25) is 0 Å². The molecule has 0 amide bonds. The van der Waals surface area contributed by atoms with E-state index in [2.05, 4.69) is 27.0 Å². The van der Waals surface area contributed by atoms with E-state index in [0.717, 1.165) is 61.2 Å². The van der Waals surface area contributed by atoms with Crippen molar-refractivity contribution in [2.45, 2.75) is 69.2 Å². The second kappa shape index (κ2) is 9.74. The Morgan fingerprint density at radius 2 is 1.90 bits per heavy atom. The number of benzene rings is 1. The van der Waals surface area contributed by atoms with Crippen LogP contribution in [-0.2, 0) is 0 Å². The third-order valence-corrected chi connectivity index (χ3v) is 6.65. The number of aliphatic hydroxyl groups is 2. The van der Waals surface area contributed by atoms with E-state index in [1.165, 1.54) is 0 Å². The fourth-order valence-corrected chi connectivity index (χ4v) is 4.40. The third kappa shape index (κ3) is 6.10. The lowest BCUT2D eigenvalue weighted by molar-refractivity contribution is 0.164. The molecule has 1 atom stereocenters. The standard InChI is InChI=1S/C24H33ClN4O2/c1-16(14-30)28-18-5-7-19(8-6-18)29-23-12-21(22(25)13-26-23)17-3-2-4-20(11-17)27-15-24(31)9-10-24/h2-4,11-13,16,18-19,27-28,30-31H,5-10,14-15H2,1H3,(H,26,29)/t16-,18-,19-/m1/s1. The van der Waals surface area contributed by atoms with E-state index in [9.17, 15) is 10.2 Å². The minimum atomic E-state index is -0.536. The first-order chi connectivity index (χ1) is 14.9. The van der Waals surface area contributed by atoms with Crippen molar-refractivity contribution in [1.82, 2.24) is 10.3 Å². The Morgan fingerprint density at radius 1 is 1.16 bits per heavy atom. The molecule has 0 aliphatic heterocycles. The largest absolute Gasteiger partial charge is 0.395 e. The molecule has 2 saturated carbocycles. The maximum absolute atomic E-state index is 10.1. The van der Waals surface area contributed by atoms with Crippen LogP contribution in [0.1, 0.15) is 45.4 Å². The van der Waals surface area contributed by atoms with E-state index >= 15 is 0 Å². The smallest absolute Gasteiger partial charge is 0.126 e. The van der Waals surface area contributed by atoms with Gasteiger partial charge in [-0.05, 0) is 69.2 Å². The van der Waals surface area contributed by atoms with Crippen molar-refractivity contribution in [2.24, 2.45) is 0 Å². The molecular weight excluding hydrogens is 412 g/mol. The van der Waals surface area contributed by atoms with Crippen molar-refractivity contribution in [3.05, 3.63) is 41.6 Å². The summed E-state index contributed by atoms with van der Waals surface area (Å²) in [7, 11) is 0. The summed E-state index contributed by atoms with van der Waals surface area (Å²) in [4.78, 5) is 4.50. The molecule has 1 heterocycles. The van der Waals surface area contributed by atoms with Crippen LogP contribution in [0.15, 0.2) is 36.5 Å². The summed E-state index contributed by atoms with van der Waals surface area (Å²) in [6, 6.07) is 11.1. The zero-order chi connectivity index (χ0) is 21.8. The summed E-state index contributed by atoms with van der Waals surface area (Å²) in [6.45, 7) is 2.76. The number of nitrogens with one attached hydrogen (secondary N) is 3. The van der Waals surface area contributed by atoms with Crippen LogP contribution in [0.25, 0.3) is 11.1 Å². The highest BCUT2D eigenvalue weighted by atomic mass is 35.5. The summed E-state index contributed by atoms with van der Waals surface area (Å²) >= 11 is 6.49. The molecule has 2 aliphatic carbocycles. The first kappa shape index (κ1) is 22.3. The summed E-state index contributed by atoms with van der Waals surface area (Å²) < 4.78 is 0. The normalized spacial score (nSPS) is 23.2. The van der Waals surface area contributed by atoms with Gasteiger partial charge < -0.3 is 26.2 Å². The quantitative estimate of drug-likeness (QED) is 0.401. The second-order valence-electron chi connectivity index (χ2n) is 9.15. The molecule has 1 aromatic heterocycles. The third-order valence-electron chi connectivity index (χ3n) is 6.35. The van der Waals surface area contributed by atoms with Gasteiger partial charge in [0.2, 0.25) is 0 Å². The van der Waals surface area contributed by atoms with Crippen LogP contribution in [-0.4, -0.2) is 52.1 Å². The van der Waals surface area contributed by atoms with Crippen molar-refractivity contribution in [1.29, 1.82) is 0 Å². The number of pyridine rings is 1. The van der Waals surface area contributed by atoms with Crippen LogP contribution in [0.5, 0.6) is 0 Å². The fraction of sp³-hybridized carbons (Fsp3) is 0.542. The number of aromatic nitrogens is 1. The number of hydrogen-bond donors (Lipinski definition) is 5. The first-order valence-electron chi connectivity index (χ1n) is 11.3. The SMILES string of the molecule is C[C@H](CO)N[C@H]1CC[C@H](Nc2cc(-c3cccc(NCC4(O)CC4)c3)c(Cl)cn2)CC1. The van der Waals surface area contributed by atoms with Crippen molar-refractivity contribution >= 4 is 23.1 Å². The minimum Gasteiger partial charge on any atom is -0.395 e. The lowest BCUT2D eigenvalue weighted by Gasteiger charge is -2.31. The van der Waals surface area contributed by atoms with Crippen LogP contribution in [0.2, 0.25) is 5.02 Å². The van der Waals surface area contributed by atoms with E-state index in [4.69, 9.17) is 11.6 Å². The molecule has 4 rings (SSSR count). The highest BCUT2D eigenvalue weighted by Gasteiger charge is 2.39. The minimum absolute atomic E-state index is 0.146. The lowest BCUT2D eigenvalue weighted by Crippen LogP contribution is -2.42. The van der Waals surface area contributed by atoms with Gasteiger partial charge in [-0.25, -0.2) is 4.98 Å². The van der Waals surface area contributed by atoms with E-state index in [1.807, 2.05) is 31.2 Å². The molecule has 0 unspecified atom stereocenters. The molecule has 7 heteroatoms. The Labute approximate surface area is 189 Å². The molecule has 5 N–H and O–H groups in total. The van der Waals surface area contributed by atoms with E-state index in [1.54, 1.807) is 6.20 Å². The number of rotatable bonds is 9. The molecule has 0 bridgehead atoms. The Balaban J connectivity index is 1.39. The van der Waals surface area contributed by atoms with Gasteiger partial charge in [0.1, 0.15) is 5.82 Å². The number of halogens is 1. The Kier molecular flexibility index (Phi) is 7.02. The van der Waals surface area contributed by atoms with Crippen molar-refractivity contribution in [2.75, 3.05) is 23.8 Å². The van der Waals surface area contributed by atoms with E-state index in [-0.39, 0.29) is 12.6 Å². The molecule has 1 aromatic carbocycles. The Hall–Kier alpha value is -1.86. The Bertz CT molecular complexity index is 882. The number of aliphatic hydroxyl groups excluding tert-OH is 1. The molecule has 168 valence electrons. The molecule has 6 nitrogen and oxygen atoms in total. The zero-order valence-corrected chi connectivity index (χ0v) is 18.8. The van der Waals surface area contributed by atoms with Crippen molar-refractivity contribution in [3.63, 3.8) is 0 Å². The predicted molar refractivity (Wildman–Crippen MR) is 127 cm³/mol. The maximum atomic E-state index is 10.1. The van der Waals surface area contributed by atoms with Gasteiger partial charge >= 0.3 is 0 Å². The maximum Gasteiger partial charge on any atom is 0.126 e. The van der Waals surface area contributed by atoms with Crippen molar-refractivity contribution in [3.8, 4) is 11.1 Å². The fourth-order valence-electron chi connectivity index (χ4n) is 4.19. The van der Waals surface area contributed by atoms with Crippen LogP contribution in [0, 0.1) is 0 Å². The van der Waals surface area contributed by atoms with Crippen LogP contribution < -0.4 is 16.0 Å². The zero-order valence-electron chi connectivity index (χ0n) is 18.1. The first-order valence-corrected chi connectivity index (χ1v) is 11.7. The van der Waals surface area contributed by atoms with Gasteiger partial charge in [-0.1, -0.05) is 23.7 Å². The molecule has 2 aromatic rings. The average molecular weight is 445 g/mol. The van der Waals surface area contributed by atoms with E-state index < -0.39 is 5.60 Å². The molecular formula is C24H33ClN4O2. The van der Waals surface area contributed by atoms with Crippen molar-refractivity contribution < 1.29 is 10.2 Å². The number of anilines is 2. The second-order valence-corrected chi connectivity index (χ2v) is 9.56. The highest BCUT2D eigenvalue weighted by Crippen LogP contribution is 2.36. The van der Waals surface area contributed by atoms with Crippen LogP contribution in [0.3, 0.4) is 0 Å². The summed E-state index contributed by atoms with van der Waals surface area (Å²) in [5, 5.41) is 30.3. The van der Waals surface area contributed by atoms with Crippen LogP contribution >= 0.6 is 11.6 Å². The van der Waals surface area contributed by atoms with Gasteiger partial charge in [0.25, 0.3) is 0 Å². The van der Waals surface area contributed by atoms with E-state index in [0.29, 0.717) is 23.7 Å². The summed E-state index contributed by atoms with van der Waals surface area (Å²) in [6.07, 6.45) is 7.75. The lowest BCUT2D eigenvalue weighted by atomic mass is 9.90. The predicted octanol–water partition coefficient (Wildman–Crippen LogP) is 4.03.